The number of methoxy groups -OCH3 is 2. The first-order valence-electron chi connectivity index (χ1n) is 13.7. The largest absolute Gasteiger partial charge is 0.491 e. The molecule has 15 heteroatoms. The van der Waals surface area contributed by atoms with Crippen molar-refractivity contribution in [3.05, 3.63) is 34.1 Å². The van der Waals surface area contributed by atoms with E-state index in [1.807, 2.05) is 0 Å². The Hall–Kier alpha value is -4.53. The van der Waals surface area contributed by atoms with E-state index in [1.165, 1.54) is 44.3 Å². The molecule has 4 rings (SSSR count). The number of carbonyl (C=O) groups excluding carboxylic acids is 2. The Bertz CT molecular complexity index is 1590. The molecule has 13 nitrogen and oxygen atoms in total. The van der Waals surface area contributed by atoms with Gasteiger partial charge in [-0.2, -0.15) is 0 Å². The van der Waals surface area contributed by atoms with Gasteiger partial charge in [-0.05, 0) is 6.07 Å². The molecule has 0 aliphatic carbocycles. The minimum atomic E-state index is -1.09. The predicted molar refractivity (Wildman–Crippen MR) is 154 cm³/mol. The van der Waals surface area contributed by atoms with E-state index in [0.717, 1.165) is 0 Å². The van der Waals surface area contributed by atoms with Crippen LogP contribution in [0.1, 0.15) is 54.0 Å². The van der Waals surface area contributed by atoms with Crippen molar-refractivity contribution < 1.29 is 52.7 Å². The Morgan fingerprint density at radius 2 is 1.61 bits per heavy atom. The Morgan fingerprint density at radius 3 is 2.25 bits per heavy atom. The van der Waals surface area contributed by atoms with Crippen molar-refractivity contribution in [3.63, 3.8) is 0 Å². The molecule has 3 aromatic heterocycles. The number of thiophene rings is 1. The van der Waals surface area contributed by atoms with Crippen molar-refractivity contribution in [3.8, 4) is 23.3 Å². The second-order valence-electron chi connectivity index (χ2n) is 10.3. The quantitative estimate of drug-likeness (QED) is 0.182. The highest BCUT2D eigenvalue weighted by Crippen LogP contribution is 2.37. The van der Waals surface area contributed by atoms with Gasteiger partial charge >= 0.3 is 11.9 Å². The number of amides is 1. The van der Waals surface area contributed by atoms with Gasteiger partial charge in [-0.3, -0.25) is 19.2 Å². The van der Waals surface area contributed by atoms with Gasteiger partial charge in [0.25, 0.3) is 11.8 Å². The van der Waals surface area contributed by atoms with E-state index in [-0.39, 0.29) is 68.0 Å². The average Bonchev–Trinajstić information content (AvgIpc) is 3.61. The smallest absolute Gasteiger partial charge is 0.306 e. The maximum atomic E-state index is 15.2. The molecule has 0 unspecified atom stereocenters. The van der Waals surface area contributed by atoms with Crippen molar-refractivity contribution in [2.75, 3.05) is 27.4 Å². The van der Waals surface area contributed by atoms with E-state index in [4.69, 9.17) is 29.2 Å². The number of fused-ring (bicyclic) bond motifs is 2. The van der Waals surface area contributed by atoms with Gasteiger partial charge in [-0.1, -0.05) is 13.8 Å². The van der Waals surface area contributed by atoms with E-state index in [1.54, 1.807) is 12.1 Å². The van der Waals surface area contributed by atoms with Crippen molar-refractivity contribution in [1.29, 1.82) is 0 Å². The van der Waals surface area contributed by atoms with Crippen LogP contribution in [0.4, 0.5) is 4.39 Å². The lowest BCUT2D eigenvalue weighted by Crippen LogP contribution is -2.28. The van der Waals surface area contributed by atoms with E-state index >= 15 is 4.39 Å². The number of aliphatic carboxylic acids is 2. The van der Waals surface area contributed by atoms with Crippen LogP contribution in [-0.2, 0) is 27.5 Å². The predicted octanol–water partition coefficient (Wildman–Crippen LogP) is 3.94. The third kappa shape index (κ3) is 7.15. The molecule has 0 radical (unpaired) electrons. The Kier molecular flexibility index (Phi) is 10.2. The van der Waals surface area contributed by atoms with Crippen LogP contribution in [-0.4, -0.2) is 76.1 Å². The molecular formula is C29H32FN3O10S. The molecular weight excluding hydrogens is 601 g/mol. The van der Waals surface area contributed by atoms with Crippen LogP contribution in [0.5, 0.6) is 23.3 Å². The standard InChI is InChI=1S/C29H32FN3O10S/c1-14(28(36)37)8-19(34)22-10-17-21(44-22)11-20(40-3)26(31-17)42-6-5-7-43-27-25(41-4)24(30)16-12-33(13-18(16)32-27)23(35)9-15(2)29(38)39/h10-11,14-15H,5-9,12-13H2,1-4H3,(H,36,37)(H,38,39)/t14-,15-/m0/s1. The van der Waals surface area contributed by atoms with Gasteiger partial charge in [0.2, 0.25) is 11.7 Å². The summed E-state index contributed by atoms with van der Waals surface area (Å²) in [4.78, 5) is 57.8. The molecule has 0 aromatic carbocycles. The van der Waals surface area contributed by atoms with Crippen LogP contribution >= 0.6 is 11.3 Å². The van der Waals surface area contributed by atoms with Gasteiger partial charge in [0.15, 0.2) is 17.3 Å². The third-order valence-electron chi connectivity index (χ3n) is 7.00. The van der Waals surface area contributed by atoms with E-state index in [2.05, 4.69) is 9.97 Å². The highest BCUT2D eigenvalue weighted by Gasteiger charge is 2.32. The Labute approximate surface area is 255 Å². The summed E-state index contributed by atoms with van der Waals surface area (Å²) in [6.45, 7) is 3.08. The molecule has 0 spiro atoms. The number of nitrogens with zero attached hydrogens (tertiary/aromatic N) is 3. The number of aromatic nitrogens is 2. The third-order valence-corrected chi connectivity index (χ3v) is 8.11. The lowest BCUT2D eigenvalue weighted by Gasteiger charge is -2.16. The zero-order valence-corrected chi connectivity index (χ0v) is 25.4. The highest BCUT2D eigenvalue weighted by molar-refractivity contribution is 7.20. The molecule has 4 heterocycles. The minimum Gasteiger partial charge on any atom is -0.491 e. The fraction of sp³-hybridized carbons (Fsp3) is 0.448. The number of halogens is 1. The van der Waals surface area contributed by atoms with Crippen LogP contribution in [0.2, 0.25) is 0 Å². The Morgan fingerprint density at radius 1 is 0.955 bits per heavy atom. The molecule has 2 N–H and O–H groups in total. The van der Waals surface area contributed by atoms with Gasteiger partial charge in [0, 0.05) is 30.9 Å². The van der Waals surface area contributed by atoms with Crippen LogP contribution in [0.3, 0.4) is 0 Å². The molecule has 0 saturated carbocycles. The SMILES string of the molecule is COc1cc2sc(C(=O)C[C@H](C)C(=O)O)cc2nc1OCCCOc1nc2c(c(F)c1OC)CN(C(=O)C[C@H](C)C(=O)O)C2. The van der Waals surface area contributed by atoms with Crippen molar-refractivity contribution >= 4 is 45.2 Å². The average molecular weight is 634 g/mol. The highest BCUT2D eigenvalue weighted by atomic mass is 32.1. The number of pyridine rings is 2. The number of rotatable bonds is 15. The monoisotopic (exact) mass is 633 g/mol. The number of carboxylic acids is 2. The molecule has 236 valence electrons. The number of Topliss-reactive ketones (excluding diaryl/α,β-unsaturated/α-hetero) is 1. The van der Waals surface area contributed by atoms with Gasteiger partial charge < -0.3 is 34.1 Å². The fourth-order valence-corrected chi connectivity index (χ4v) is 5.41. The maximum Gasteiger partial charge on any atom is 0.306 e. The van der Waals surface area contributed by atoms with E-state index in [0.29, 0.717) is 33.0 Å². The summed E-state index contributed by atoms with van der Waals surface area (Å²) >= 11 is 1.19. The van der Waals surface area contributed by atoms with Crippen molar-refractivity contribution in [2.45, 2.75) is 46.2 Å². The molecule has 44 heavy (non-hydrogen) atoms. The number of carbonyl (C=O) groups is 4. The van der Waals surface area contributed by atoms with Gasteiger partial charge in [0.1, 0.15) is 0 Å². The minimum absolute atomic E-state index is 0.0172. The van der Waals surface area contributed by atoms with Gasteiger partial charge in [-0.15, -0.1) is 11.3 Å². The molecule has 0 fully saturated rings. The van der Waals surface area contributed by atoms with Crippen LogP contribution in [0, 0.1) is 17.7 Å². The van der Waals surface area contributed by atoms with Crippen LogP contribution in [0.15, 0.2) is 12.1 Å². The summed E-state index contributed by atoms with van der Waals surface area (Å²) in [5, 5.41) is 18.2. The first-order valence-corrected chi connectivity index (χ1v) is 14.5. The number of hydrogen-bond acceptors (Lipinski definition) is 11. The second kappa shape index (κ2) is 13.8. The second-order valence-corrected chi connectivity index (χ2v) is 11.4. The zero-order chi connectivity index (χ0) is 32.1. The van der Waals surface area contributed by atoms with Crippen LogP contribution in [0.25, 0.3) is 10.2 Å². The molecule has 1 amide bonds. The fourth-order valence-electron chi connectivity index (χ4n) is 4.43. The Balaban J connectivity index is 1.37. The molecule has 0 saturated heterocycles. The maximum absolute atomic E-state index is 15.2. The molecule has 1 aliphatic heterocycles. The molecule has 0 bridgehead atoms. The summed E-state index contributed by atoms with van der Waals surface area (Å²) in [7, 11) is 2.73. The topological polar surface area (TPSA) is 175 Å². The molecule has 3 aromatic rings. The zero-order valence-electron chi connectivity index (χ0n) is 24.5. The first kappa shape index (κ1) is 32.4. The summed E-state index contributed by atoms with van der Waals surface area (Å²) < 4.78 is 38.0. The van der Waals surface area contributed by atoms with Gasteiger partial charge in [-0.25, -0.2) is 14.4 Å². The lowest BCUT2D eigenvalue weighted by atomic mass is 10.0. The van der Waals surface area contributed by atoms with Gasteiger partial charge in [0.05, 0.1) is 73.1 Å². The van der Waals surface area contributed by atoms with Crippen molar-refractivity contribution in [2.24, 2.45) is 11.8 Å². The summed E-state index contributed by atoms with van der Waals surface area (Å²) in [5.41, 5.74) is 0.997. The van der Waals surface area contributed by atoms with E-state index in [9.17, 15) is 19.2 Å². The van der Waals surface area contributed by atoms with Crippen LogP contribution < -0.4 is 18.9 Å². The van der Waals surface area contributed by atoms with E-state index < -0.39 is 35.5 Å². The lowest BCUT2D eigenvalue weighted by molar-refractivity contribution is -0.145. The summed E-state index contributed by atoms with van der Waals surface area (Å²) in [6.07, 6.45) is -0.000810. The summed E-state index contributed by atoms with van der Waals surface area (Å²) in [5.74, 6) is -4.97. The molecule has 2 atom stereocenters. The number of ketones is 1. The number of hydrogen-bond donors (Lipinski definition) is 2. The normalized spacial score (nSPS) is 13.7. The first-order chi connectivity index (χ1) is 20.9. The number of carboxylic acid groups (broad SMARTS) is 2. The number of ether oxygens (including phenoxy) is 4. The summed E-state index contributed by atoms with van der Waals surface area (Å²) in [6, 6.07) is 3.28. The van der Waals surface area contributed by atoms with Crippen molar-refractivity contribution in [1.82, 2.24) is 14.9 Å². The molecule has 1 aliphatic rings.